The molecule has 0 N–H and O–H groups in total. The third kappa shape index (κ3) is 2.55. The van der Waals surface area contributed by atoms with Crippen molar-refractivity contribution in [2.75, 3.05) is 13.1 Å². The van der Waals surface area contributed by atoms with E-state index in [-0.39, 0.29) is 16.8 Å². The van der Waals surface area contributed by atoms with Gasteiger partial charge in [-0.1, -0.05) is 35.9 Å². The lowest BCUT2D eigenvalue weighted by molar-refractivity contribution is -0.139. The van der Waals surface area contributed by atoms with Gasteiger partial charge in [-0.2, -0.15) is 4.31 Å². The van der Waals surface area contributed by atoms with Crippen LogP contribution in [-0.2, 0) is 14.8 Å². The van der Waals surface area contributed by atoms with Gasteiger partial charge in [-0.05, 0) is 37.3 Å². The van der Waals surface area contributed by atoms with Crippen LogP contribution in [-0.4, -0.2) is 48.7 Å². The zero-order valence-corrected chi connectivity index (χ0v) is 15.4. The molecule has 2 fully saturated rings. The number of carbonyl (C=O) groups excluding carboxylic acids is 1. The van der Waals surface area contributed by atoms with E-state index in [1.54, 1.807) is 31.2 Å². The summed E-state index contributed by atoms with van der Waals surface area (Å²) in [5.41, 5.74) is 0. The van der Waals surface area contributed by atoms with Crippen LogP contribution in [0, 0.1) is 0 Å². The van der Waals surface area contributed by atoms with Gasteiger partial charge in [-0.3, -0.25) is 4.79 Å². The predicted octanol–water partition coefficient (Wildman–Crippen LogP) is 2.88. The highest BCUT2D eigenvalue weighted by Gasteiger charge is 2.45. The Morgan fingerprint density at radius 1 is 1.16 bits per heavy atom. The fourth-order valence-electron chi connectivity index (χ4n) is 3.95. The van der Waals surface area contributed by atoms with E-state index < -0.39 is 16.1 Å². The molecule has 2 aliphatic rings. The molecule has 2 aromatic carbocycles. The van der Waals surface area contributed by atoms with Crippen LogP contribution in [0.2, 0.25) is 5.02 Å². The van der Waals surface area contributed by atoms with Crippen LogP contribution < -0.4 is 0 Å². The molecule has 5 nitrogen and oxygen atoms in total. The van der Waals surface area contributed by atoms with Crippen LogP contribution in [0.3, 0.4) is 0 Å². The van der Waals surface area contributed by atoms with E-state index in [9.17, 15) is 13.2 Å². The summed E-state index contributed by atoms with van der Waals surface area (Å²) in [5.74, 6) is -0.108. The third-order valence-electron chi connectivity index (χ3n) is 5.24. The average molecular weight is 379 g/mol. The van der Waals surface area contributed by atoms with Gasteiger partial charge in [0.25, 0.3) is 0 Å². The number of benzene rings is 2. The van der Waals surface area contributed by atoms with E-state index in [0.29, 0.717) is 17.0 Å². The lowest BCUT2D eigenvalue weighted by atomic mass is 10.1. The quantitative estimate of drug-likeness (QED) is 0.807. The lowest BCUT2D eigenvalue weighted by Crippen LogP contribution is -2.59. The second-order valence-electron chi connectivity index (χ2n) is 6.67. The van der Waals surface area contributed by atoms with Gasteiger partial charge in [-0.25, -0.2) is 8.42 Å². The maximum Gasteiger partial charge on any atom is 0.244 e. The summed E-state index contributed by atoms with van der Waals surface area (Å²) in [6.45, 7) is 2.74. The Kier molecular flexibility index (Phi) is 4.02. The van der Waals surface area contributed by atoms with Crippen molar-refractivity contribution in [1.82, 2.24) is 9.21 Å². The molecule has 0 radical (unpaired) electrons. The van der Waals surface area contributed by atoms with E-state index in [1.807, 2.05) is 17.0 Å². The predicted molar refractivity (Wildman–Crippen MR) is 97.0 cm³/mol. The molecular weight excluding hydrogens is 360 g/mol. The monoisotopic (exact) mass is 378 g/mol. The second kappa shape index (κ2) is 5.97. The molecular formula is C18H19ClN2O3S. The molecule has 0 unspecified atom stereocenters. The summed E-state index contributed by atoms with van der Waals surface area (Å²) in [4.78, 5) is 14.6. The Hall–Kier alpha value is -1.63. The number of rotatable bonds is 2. The molecule has 0 aliphatic carbocycles. The normalized spacial score (nSPS) is 24.7. The Labute approximate surface area is 152 Å². The van der Waals surface area contributed by atoms with E-state index in [4.69, 9.17) is 11.6 Å². The van der Waals surface area contributed by atoms with Crippen molar-refractivity contribution in [2.24, 2.45) is 0 Å². The van der Waals surface area contributed by atoms with E-state index in [1.165, 1.54) is 4.31 Å². The smallest absolute Gasteiger partial charge is 0.244 e. The van der Waals surface area contributed by atoms with Crippen LogP contribution in [0.5, 0.6) is 0 Å². The highest BCUT2D eigenvalue weighted by atomic mass is 35.5. The first kappa shape index (κ1) is 16.8. The summed E-state index contributed by atoms with van der Waals surface area (Å²) in [7, 11) is -3.83. The zero-order valence-electron chi connectivity index (χ0n) is 13.9. The molecule has 2 saturated heterocycles. The van der Waals surface area contributed by atoms with Gasteiger partial charge < -0.3 is 4.90 Å². The highest BCUT2D eigenvalue weighted by Crippen LogP contribution is 2.35. The minimum atomic E-state index is -3.83. The number of hydrogen-bond acceptors (Lipinski definition) is 3. The van der Waals surface area contributed by atoms with Crippen molar-refractivity contribution >= 4 is 38.3 Å². The fraction of sp³-hybridized carbons (Fsp3) is 0.389. The topological polar surface area (TPSA) is 57.7 Å². The molecule has 2 aromatic rings. The van der Waals surface area contributed by atoms with Gasteiger partial charge in [0.05, 0.1) is 4.90 Å². The molecule has 132 valence electrons. The summed E-state index contributed by atoms with van der Waals surface area (Å²) < 4.78 is 28.1. The zero-order chi connectivity index (χ0) is 17.8. The Balaban J connectivity index is 1.84. The minimum absolute atomic E-state index is 0.0241. The molecule has 25 heavy (non-hydrogen) atoms. The number of amides is 1. The SMILES string of the molecule is C[C@@H]1C(=O)N2CCC[C@H]2CN1S(=O)(=O)c1cccc2cccc(Cl)c12. The van der Waals surface area contributed by atoms with Crippen molar-refractivity contribution in [1.29, 1.82) is 0 Å². The van der Waals surface area contributed by atoms with Crippen LogP contribution >= 0.6 is 11.6 Å². The molecule has 2 aliphatic heterocycles. The van der Waals surface area contributed by atoms with Crippen LogP contribution in [0.25, 0.3) is 10.8 Å². The Bertz CT molecular complexity index is 955. The molecule has 2 atom stereocenters. The summed E-state index contributed by atoms with van der Waals surface area (Å²) >= 11 is 6.30. The van der Waals surface area contributed by atoms with Crippen LogP contribution in [0.4, 0.5) is 0 Å². The molecule has 1 amide bonds. The van der Waals surface area contributed by atoms with Crippen molar-refractivity contribution < 1.29 is 13.2 Å². The van der Waals surface area contributed by atoms with Crippen molar-refractivity contribution in [2.45, 2.75) is 36.7 Å². The lowest BCUT2D eigenvalue weighted by Gasteiger charge is -2.40. The standard InChI is InChI=1S/C18H19ClN2O3S/c1-12-18(22)20-10-4-7-14(20)11-21(12)25(23,24)16-9-3-6-13-5-2-8-15(19)17(13)16/h2-3,5-6,8-9,12,14H,4,7,10-11H2,1H3/t12-,14+/m1/s1. The Morgan fingerprint density at radius 3 is 2.64 bits per heavy atom. The number of halogens is 1. The number of piperazine rings is 1. The van der Waals surface area contributed by atoms with Crippen molar-refractivity contribution in [3.63, 3.8) is 0 Å². The highest BCUT2D eigenvalue weighted by molar-refractivity contribution is 7.89. The van der Waals surface area contributed by atoms with E-state index in [0.717, 1.165) is 24.8 Å². The first-order chi connectivity index (χ1) is 11.9. The molecule has 0 aromatic heterocycles. The van der Waals surface area contributed by atoms with Gasteiger partial charge in [0.15, 0.2) is 0 Å². The second-order valence-corrected chi connectivity index (χ2v) is 8.94. The molecule has 7 heteroatoms. The molecule has 0 bridgehead atoms. The number of carbonyl (C=O) groups is 1. The maximum atomic E-state index is 13.4. The number of fused-ring (bicyclic) bond motifs is 2. The molecule has 0 spiro atoms. The molecule has 4 rings (SSSR count). The largest absolute Gasteiger partial charge is 0.337 e. The van der Waals surface area contributed by atoms with Crippen LogP contribution in [0.15, 0.2) is 41.3 Å². The fourth-order valence-corrected chi connectivity index (χ4v) is 6.16. The first-order valence-corrected chi connectivity index (χ1v) is 10.2. The van der Waals surface area contributed by atoms with Gasteiger partial charge in [-0.15, -0.1) is 0 Å². The molecule has 0 saturated carbocycles. The van der Waals surface area contributed by atoms with Crippen LogP contribution in [0.1, 0.15) is 19.8 Å². The summed E-state index contributed by atoms with van der Waals surface area (Å²) in [6.07, 6.45) is 1.78. The third-order valence-corrected chi connectivity index (χ3v) is 7.54. The Morgan fingerprint density at radius 2 is 1.88 bits per heavy atom. The number of sulfonamides is 1. The van der Waals surface area contributed by atoms with Gasteiger partial charge in [0.2, 0.25) is 15.9 Å². The summed E-state index contributed by atoms with van der Waals surface area (Å²) in [6, 6.07) is 9.72. The van der Waals surface area contributed by atoms with Crippen molar-refractivity contribution in [3.8, 4) is 0 Å². The summed E-state index contributed by atoms with van der Waals surface area (Å²) in [5, 5.41) is 1.68. The van der Waals surface area contributed by atoms with E-state index in [2.05, 4.69) is 0 Å². The van der Waals surface area contributed by atoms with Crippen molar-refractivity contribution in [3.05, 3.63) is 41.4 Å². The average Bonchev–Trinajstić information content (AvgIpc) is 3.06. The van der Waals surface area contributed by atoms with E-state index >= 15 is 0 Å². The first-order valence-electron chi connectivity index (χ1n) is 8.41. The van der Waals surface area contributed by atoms with Gasteiger partial charge in [0, 0.05) is 29.5 Å². The van der Waals surface area contributed by atoms with Gasteiger partial charge in [0.1, 0.15) is 6.04 Å². The molecule has 2 heterocycles. The van der Waals surface area contributed by atoms with Gasteiger partial charge >= 0.3 is 0 Å². The minimum Gasteiger partial charge on any atom is -0.337 e. The number of hydrogen-bond donors (Lipinski definition) is 0. The number of nitrogens with zero attached hydrogens (tertiary/aromatic N) is 2. The maximum absolute atomic E-state index is 13.4.